The molecule has 0 heterocycles. The van der Waals surface area contributed by atoms with Gasteiger partial charge in [-0.15, -0.1) is 0 Å². The van der Waals surface area contributed by atoms with E-state index in [1.807, 2.05) is 0 Å². The van der Waals surface area contributed by atoms with E-state index in [9.17, 15) is 9.59 Å². The van der Waals surface area contributed by atoms with Crippen LogP contribution in [0.2, 0.25) is 0 Å². The van der Waals surface area contributed by atoms with Gasteiger partial charge in [0.05, 0.1) is 19.6 Å². The standard InChI is InChI=1S/C11H13NO4/c1-16-10-5-3-2-4-8(10)9(12-7-13)6-11(14)15/h2-5,7,9H,6H2,1H3,(H,12,13)(H,14,15). The minimum absolute atomic E-state index is 0.181. The van der Waals surface area contributed by atoms with Gasteiger partial charge >= 0.3 is 5.97 Å². The second kappa shape index (κ2) is 5.75. The fourth-order valence-corrected chi connectivity index (χ4v) is 1.47. The van der Waals surface area contributed by atoms with Gasteiger partial charge in [-0.05, 0) is 6.07 Å². The summed E-state index contributed by atoms with van der Waals surface area (Å²) in [6.07, 6.45) is 0.305. The molecule has 16 heavy (non-hydrogen) atoms. The van der Waals surface area contributed by atoms with E-state index in [-0.39, 0.29) is 6.42 Å². The third kappa shape index (κ3) is 2.98. The number of hydrogen-bond acceptors (Lipinski definition) is 3. The SMILES string of the molecule is COc1ccccc1C(CC(=O)O)NC=O. The second-order valence-electron chi connectivity index (χ2n) is 3.18. The van der Waals surface area contributed by atoms with Crippen molar-refractivity contribution in [2.45, 2.75) is 12.5 Å². The molecule has 5 heteroatoms. The lowest BCUT2D eigenvalue weighted by Gasteiger charge is -2.17. The number of ether oxygens (including phenoxy) is 1. The number of amides is 1. The van der Waals surface area contributed by atoms with E-state index >= 15 is 0 Å². The summed E-state index contributed by atoms with van der Waals surface area (Å²) in [5.41, 5.74) is 0.652. The van der Waals surface area contributed by atoms with Crippen molar-refractivity contribution in [3.05, 3.63) is 29.8 Å². The molecule has 0 bridgehead atoms. The van der Waals surface area contributed by atoms with E-state index in [1.165, 1.54) is 7.11 Å². The molecule has 1 atom stereocenters. The lowest BCUT2D eigenvalue weighted by molar-refractivity contribution is -0.137. The summed E-state index contributed by atoms with van der Waals surface area (Å²) in [5, 5.41) is 11.2. The quantitative estimate of drug-likeness (QED) is 0.704. The Morgan fingerprint density at radius 1 is 1.56 bits per heavy atom. The largest absolute Gasteiger partial charge is 0.496 e. The van der Waals surface area contributed by atoms with Crippen LogP contribution in [0.3, 0.4) is 0 Å². The van der Waals surface area contributed by atoms with Crippen LogP contribution in [0.25, 0.3) is 0 Å². The molecule has 0 spiro atoms. The molecule has 1 aromatic carbocycles. The summed E-state index contributed by atoms with van der Waals surface area (Å²) in [6.45, 7) is 0. The lowest BCUT2D eigenvalue weighted by Crippen LogP contribution is -2.22. The number of rotatable bonds is 6. The van der Waals surface area contributed by atoms with Crippen LogP contribution in [0.5, 0.6) is 5.75 Å². The third-order valence-electron chi connectivity index (χ3n) is 2.16. The van der Waals surface area contributed by atoms with E-state index in [0.717, 1.165) is 0 Å². The van der Waals surface area contributed by atoms with Gasteiger partial charge in [0.1, 0.15) is 5.75 Å². The van der Waals surface area contributed by atoms with E-state index in [4.69, 9.17) is 9.84 Å². The van der Waals surface area contributed by atoms with Crippen LogP contribution in [0.1, 0.15) is 18.0 Å². The molecule has 2 N–H and O–H groups in total. The highest BCUT2D eigenvalue weighted by molar-refractivity contribution is 5.69. The van der Waals surface area contributed by atoms with Crippen molar-refractivity contribution in [2.24, 2.45) is 0 Å². The highest BCUT2D eigenvalue weighted by Gasteiger charge is 2.17. The molecule has 1 rings (SSSR count). The monoisotopic (exact) mass is 223 g/mol. The minimum atomic E-state index is -0.981. The van der Waals surface area contributed by atoms with Gasteiger partial charge in [-0.2, -0.15) is 0 Å². The molecule has 0 radical (unpaired) electrons. The molecule has 0 fully saturated rings. The smallest absolute Gasteiger partial charge is 0.305 e. The van der Waals surface area contributed by atoms with Crippen LogP contribution >= 0.6 is 0 Å². The van der Waals surface area contributed by atoms with Crippen molar-refractivity contribution in [1.29, 1.82) is 0 Å². The molecular formula is C11H13NO4. The van der Waals surface area contributed by atoms with Crippen molar-refractivity contribution in [1.82, 2.24) is 5.32 Å². The van der Waals surface area contributed by atoms with E-state index in [0.29, 0.717) is 17.7 Å². The highest BCUT2D eigenvalue weighted by atomic mass is 16.5. The Balaban J connectivity index is 2.99. The van der Waals surface area contributed by atoms with Crippen molar-refractivity contribution in [3.8, 4) is 5.75 Å². The number of nitrogens with one attached hydrogen (secondary N) is 1. The predicted molar refractivity (Wildman–Crippen MR) is 57.2 cm³/mol. The van der Waals surface area contributed by atoms with E-state index < -0.39 is 12.0 Å². The Morgan fingerprint density at radius 3 is 2.81 bits per heavy atom. The summed E-state index contributed by atoms with van der Waals surface area (Å²) in [4.78, 5) is 21.1. The number of carboxylic acid groups (broad SMARTS) is 1. The van der Waals surface area contributed by atoms with Gasteiger partial charge in [0, 0.05) is 5.56 Å². The maximum Gasteiger partial charge on any atom is 0.305 e. The number of methoxy groups -OCH3 is 1. The summed E-state index contributed by atoms with van der Waals surface area (Å²) in [5.74, 6) is -0.423. The number of carbonyl (C=O) groups excluding carboxylic acids is 1. The van der Waals surface area contributed by atoms with Gasteiger partial charge < -0.3 is 15.2 Å². The molecular weight excluding hydrogens is 210 g/mol. The number of benzene rings is 1. The van der Waals surface area contributed by atoms with Gasteiger partial charge in [-0.3, -0.25) is 9.59 Å². The second-order valence-corrected chi connectivity index (χ2v) is 3.18. The lowest BCUT2D eigenvalue weighted by atomic mass is 10.0. The maximum atomic E-state index is 10.7. The fraction of sp³-hybridized carbons (Fsp3) is 0.273. The average Bonchev–Trinajstić information content (AvgIpc) is 2.28. The topological polar surface area (TPSA) is 75.6 Å². The molecule has 86 valence electrons. The van der Waals surface area contributed by atoms with E-state index in [2.05, 4.69) is 5.32 Å². The number of aliphatic carboxylic acids is 1. The van der Waals surface area contributed by atoms with Crippen molar-refractivity contribution in [3.63, 3.8) is 0 Å². The zero-order valence-electron chi connectivity index (χ0n) is 8.84. The number of hydrogen-bond donors (Lipinski definition) is 2. The Kier molecular flexibility index (Phi) is 4.32. The summed E-state index contributed by atoms with van der Waals surface area (Å²) < 4.78 is 5.11. The normalized spacial score (nSPS) is 11.6. The zero-order chi connectivity index (χ0) is 12.0. The Bertz CT molecular complexity index is 378. The van der Waals surface area contributed by atoms with Gasteiger partial charge in [0.25, 0.3) is 0 Å². The average molecular weight is 223 g/mol. The molecule has 1 unspecified atom stereocenters. The summed E-state index contributed by atoms with van der Waals surface area (Å²) >= 11 is 0. The Labute approximate surface area is 93.0 Å². The maximum absolute atomic E-state index is 10.7. The minimum Gasteiger partial charge on any atom is -0.496 e. The number of para-hydroxylation sites is 1. The van der Waals surface area contributed by atoms with Crippen molar-refractivity contribution in [2.75, 3.05) is 7.11 Å². The summed E-state index contributed by atoms with van der Waals surface area (Å²) in [7, 11) is 1.50. The molecule has 0 aliphatic heterocycles. The first-order chi connectivity index (χ1) is 7.69. The first-order valence-corrected chi connectivity index (χ1v) is 4.73. The number of carbonyl (C=O) groups is 2. The molecule has 1 aromatic rings. The van der Waals surface area contributed by atoms with Crippen molar-refractivity contribution >= 4 is 12.4 Å². The van der Waals surface area contributed by atoms with Crippen molar-refractivity contribution < 1.29 is 19.4 Å². The van der Waals surface area contributed by atoms with Gasteiger partial charge in [0.15, 0.2) is 0 Å². The first kappa shape index (κ1) is 12.0. The van der Waals surface area contributed by atoms with Gasteiger partial charge in [-0.25, -0.2) is 0 Å². The number of carboxylic acids is 1. The van der Waals surface area contributed by atoms with E-state index in [1.54, 1.807) is 24.3 Å². The predicted octanol–water partition coefficient (Wildman–Crippen LogP) is 0.957. The van der Waals surface area contributed by atoms with Gasteiger partial charge in [-0.1, -0.05) is 18.2 Å². The fourth-order valence-electron chi connectivity index (χ4n) is 1.47. The molecule has 0 aromatic heterocycles. The molecule has 1 amide bonds. The van der Waals surface area contributed by atoms with Crippen LogP contribution in [-0.4, -0.2) is 24.6 Å². The molecule has 0 aliphatic carbocycles. The summed E-state index contributed by atoms with van der Waals surface area (Å²) in [6, 6.07) is 6.41. The highest BCUT2D eigenvalue weighted by Crippen LogP contribution is 2.26. The molecule has 0 aliphatic rings. The third-order valence-corrected chi connectivity index (χ3v) is 2.16. The molecule has 5 nitrogen and oxygen atoms in total. The van der Waals surface area contributed by atoms with Crippen LogP contribution in [-0.2, 0) is 9.59 Å². The van der Waals surface area contributed by atoms with Crippen LogP contribution in [0.4, 0.5) is 0 Å². The van der Waals surface area contributed by atoms with Crippen LogP contribution < -0.4 is 10.1 Å². The first-order valence-electron chi connectivity index (χ1n) is 4.73. The Hall–Kier alpha value is -2.04. The Morgan fingerprint density at radius 2 is 2.25 bits per heavy atom. The van der Waals surface area contributed by atoms with Crippen LogP contribution in [0, 0.1) is 0 Å². The zero-order valence-corrected chi connectivity index (χ0v) is 8.84. The van der Waals surface area contributed by atoms with Crippen LogP contribution in [0.15, 0.2) is 24.3 Å². The van der Waals surface area contributed by atoms with Gasteiger partial charge in [0.2, 0.25) is 6.41 Å². The molecule has 0 saturated heterocycles. The molecule has 0 saturated carbocycles.